The molecule has 5 nitrogen and oxygen atoms in total. The highest BCUT2D eigenvalue weighted by Gasteiger charge is 2.35. The van der Waals surface area contributed by atoms with Crippen LogP contribution in [0.1, 0.15) is 6.42 Å². The van der Waals surface area contributed by atoms with Gasteiger partial charge in [-0.25, -0.2) is 0 Å². The van der Waals surface area contributed by atoms with Crippen LogP contribution in [0.25, 0.3) is 0 Å². The Morgan fingerprint density at radius 2 is 1.79 bits per heavy atom. The van der Waals surface area contributed by atoms with Crippen LogP contribution in [-0.2, 0) is 9.59 Å². The Hall–Kier alpha value is -1.31. The van der Waals surface area contributed by atoms with Crippen molar-refractivity contribution < 1.29 is 22.8 Å². The van der Waals surface area contributed by atoms with Crippen LogP contribution in [-0.4, -0.2) is 68.1 Å². The SMILES string of the molecule is CN(C)C(=O)CN(CC(F)(F)F)C(=O)CC1CNC1. The fourth-order valence-corrected chi connectivity index (χ4v) is 1.62. The Balaban J connectivity index is 2.61. The standard InChI is InChI=1S/C11H18F3N3O2/c1-16(2)10(19)6-17(7-11(12,13)14)9(18)3-8-4-15-5-8/h8,15H,3-7H2,1-2H3. The number of halogens is 3. The van der Waals surface area contributed by atoms with Gasteiger partial charge in [0.15, 0.2) is 0 Å². The van der Waals surface area contributed by atoms with Crippen molar-refractivity contribution in [3.63, 3.8) is 0 Å². The van der Waals surface area contributed by atoms with Gasteiger partial charge in [-0.2, -0.15) is 13.2 Å². The van der Waals surface area contributed by atoms with Gasteiger partial charge >= 0.3 is 6.18 Å². The van der Waals surface area contributed by atoms with E-state index >= 15 is 0 Å². The summed E-state index contributed by atoms with van der Waals surface area (Å²) in [5.74, 6) is -1.08. The summed E-state index contributed by atoms with van der Waals surface area (Å²) in [6, 6.07) is 0. The second kappa shape index (κ2) is 6.23. The van der Waals surface area contributed by atoms with Crippen LogP contribution in [0.4, 0.5) is 13.2 Å². The number of carbonyl (C=O) groups is 2. The second-order valence-corrected chi connectivity index (χ2v) is 4.88. The molecule has 0 spiro atoms. The summed E-state index contributed by atoms with van der Waals surface area (Å²) in [7, 11) is 2.88. The average molecular weight is 281 g/mol. The van der Waals surface area contributed by atoms with Gasteiger partial charge in [-0.05, 0) is 19.0 Å². The van der Waals surface area contributed by atoms with E-state index < -0.39 is 31.1 Å². The van der Waals surface area contributed by atoms with Crippen molar-refractivity contribution >= 4 is 11.8 Å². The summed E-state index contributed by atoms with van der Waals surface area (Å²) in [4.78, 5) is 25.0. The highest BCUT2D eigenvalue weighted by atomic mass is 19.4. The lowest BCUT2D eigenvalue weighted by atomic mass is 9.98. The van der Waals surface area contributed by atoms with Crippen LogP contribution in [0.2, 0.25) is 0 Å². The van der Waals surface area contributed by atoms with Crippen molar-refractivity contribution in [1.82, 2.24) is 15.1 Å². The summed E-state index contributed by atoms with van der Waals surface area (Å²) in [6.45, 7) is -0.655. The molecule has 1 heterocycles. The van der Waals surface area contributed by atoms with Crippen LogP contribution in [0.5, 0.6) is 0 Å². The molecule has 1 aliphatic heterocycles. The molecule has 1 aliphatic rings. The minimum Gasteiger partial charge on any atom is -0.347 e. The molecule has 0 radical (unpaired) electrons. The van der Waals surface area contributed by atoms with Crippen molar-refractivity contribution in [2.75, 3.05) is 40.3 Å². The van der Waals surface area contributed by atoms with Crippen molar-refractivity contribution in [3.05, 3.63) is 0 Å². The first-order chi connectivity index (χ1) is 8.69. The lowest BCUT2D eigenvalue weighted by Crippen LogP contribution is -2.49. The van der Waals surface area contributed by atoms with Gasteiger partial charge in [0.25, 0.3) is 0 Å². The molecule has 1 saturated heterocycles. The third-order valence-corrected chi connectivity index (χ3v) is 2.88. The lowest BCUT2D eigenvalue weighted by Gasteiger charge is -2.30. The molecule has 0 aromatic carbocycles. The van der Waals surface area contributed by atoms with Crippen LogP contribution >= 0.6 is 0 Å². The van der Waals surface area contributed by atoms with Gasteiger partial charge in [0.2, 0.25) is 11.8 Å². The van der Waals surface area contributed by atoms with Gasteiger partial charge in [-0.1, -0.05) is 0 Å². The first-order valence-electron chi connectivity index (χ1n) is 5.94. The van der Waals surface area contributed by atoms with Gasteiger partial charge in [-0.3, -0.25) is 9.59 Å². The first-order valence-corrected chi connectivity index (χ1v) is 5.94. The van der Waals surface area contributed by atoms with E-state index in [2.05, 4.69) is 5.32 Å². The van der Waals surface area contributed by atoms with E-state index in [4.69, 9.17) is 0 Å². The fourth-order valence-electron chi connectivity index (χ4n) is 1.62. The van der Waals surface area contributed by atoms with Crippen molar-refractivity contribution in [1.29, 1.82) is 0 Å². The largest absolute Gasteiger partial charge is 0.406 e. The number of hydrogen-bond acceptors (Lipinski definition) is 3. The summed E-state index contributed by atoms with van der Waals surface area (Å²) in [5.41, 5.74) is 0. The highest BCUT2D eigenvalue weighted by Crippen LogP contribution is 2.18. The predicted octanol–water partition coefficient (Wildman–Crippen LogP) is 0.0750. The van der Waals surface area contributed by atoms with E-state index in [-0.39, 0.29) is 12.3 Å². The zero-order chi connectivity index (χ0) is 14.6. The molecule has 0 aliphatic carbocycles. The fraction of sp³-hybridized carbons (Fsp3) is 0.818. The molecule has 1 rings (SSSR count). The summed E-state index contributed by atoms with van der Waals surface area (Å²) in [6.07, 6.45) is -4.45. The van der Waals surface area contributed by atoms with E-state index in [0.29, 0.717) is 18.0 Å². The molecule has 8 heteroatoms. The van der Waals surface area contributed by atoms with E-state index in [1.807, 2.05) is 0 Å². The molecule has 0 aromatic rings. The zero-order valence-electron chi connectivity index (χ0n) is 11.0. The van der Waals surface area contributed by atoms with Gasteiger partial charge < -0.3 is 15.1 Å². The van der Waals surface area contributed by atoms with Gasteiger partial charge in [-0.15, -0.1) is 0 Å². The molecule has 2 amide bonds. The van der Waals surface area contributed by atoms with Gasteiger partial charge in [0.05, 0.1) is 0 Å². The normalized spacial score (nSPS) is 15.8. The summed E-state index contributed by atoms with van der Waals surface area (Å²) >= 11 is 0. The number of alkyl halides is 3. The molecule has 1 N–H and O–H groups in total. The smallest absolute Gasteiger partial charge is 0.347 e. The second-order valence-electron chi connectivity index (χ2n) is 4.88. The Kier molecular flexibility index (Phi) is 5.16. The molecular formula is C11H18F3N3O2. The molecule has 1 fully saturated rings. The van der Waals surface area contributed by atoms with Crippen molar-refractivity contribution in [2.24, 2.45) is 5.92 Å². The number of hydrogen-bond donors (Lipinski definition) is 1. The third kappa shape index (κ3) is 5.46. The van der Waals surface area contributed by atoms with Crippen molar-refractivity contribution in [2.45, 2.75) is 12.6 Å². The molecule has 0 unspecified atom stereocenters. The quantitative estimate of drug-likeness (QED) is 0.776. The monoisotopic (exact) mass is 281 g/mol. The maximum Gasteiger partial charge on any atom is 0.406 e. The number of amides is 2. The first kappa shape index (κ1) is 15.7. The zero-order valence-corrected chi connectivity index (χ0v) is 11.0. The van der Waals surface area contributed by atoms with E-state index in [0.717, 1.165) is 0 Å². The molecule has 0 bridgehead atoms. The van der Waals surface area contributed by atoms with Crippen LogP contribution in [0.3, 0.4) is 0 Å². The third-order valence-electron chi connectivity index (χ3n) is 2.88. The maximum atomic E-state index is 12.4. The van der Waals surface area contributed by atoms with Crippen LogP contribution in [0.15, 0.2) is 0 Å². The average Bonchev–Trinajstić information content (AvgIpc) is 2.19. The van der Waals surface area contributed by atoms with Crippen LogP contribution < -0.4 is 5.32 Å². The van der Waals surface area contributed by atoms with E-state index in [9.17, 15) is 22.8 Å². The van der Waals surface area contributed by atoms with Crippen LogP contribution in [0, 0.1) is 5.92 Å². The number of rotatable bonds is 5. The lowest BCUT2D eigenvalue weighted by molar-refractivity contribution is -0.164. The topological polar surface area (TPSA) is 52.7 Å². The Morgan fingerprint density at radius 1 is 1.21 bits per heavy atom. The molecular weight excluding hydrogens is 263 g/mol. The number of likely N-dealkylation sites (N-methyl/N-ethyl adjacent to an activating group) is 1. The Labute approximate surface area is 109 Å². The number of carbonyl (C=O) groups excluding carboxylic acids is 2. The highest BCUT2D eigenvalue weighted by molar-refractivity contribution is 5.84. The summed E-state index contributed by atoms with van der Waals surface area (Å²) < 4.78 is 37.3. The minimum absolute atomic E-state index is 0.0454. The molecule has 110 valence electrons. The minimum atomic E-state index is -4.50. The molecule has 0 atom stereocenters. The van der Waals surface area contributed by atoms with Gasteiger partial charge in [0.1, 0.15) is 13.1 Å². The number of nitrogens with one attached hydrogen (secondary N) is 1. The predicted molar refractivity (Wildman–Crippen MR) is 62.3 cm³/mol. The van der Waals surface area contributed by atoms with Crippen molar-refractivity contribution in [3.8, 4) is 0 Å². The molecule has 19 heavy (non-hydrogen) atoms. The Morgan fingerprint density at radius 3 is 2.16 bits per heavy atom. The summed E-state index contributed by atoms with van der Waals surface area (Å²) in [5, 5.41) is 2.94. The number of nitrogens with zero attached hydrogens (tertiary/aromatic N) is 2. The van der Waals surface area contributed by atoms with E-state index in [1.165, 1.54) is 19.0 Å². The van der Waals surface area contributed by atoms with E-state index in [1.54, 1.807) is 0 Å². The molecule has 0 aromatic heterocycles. The Bertz CT molecular complexity index is 341. The van der Waals surface area contributed by atoms with Gasteiger partial charge in [0, 0.05) is 20.5 Å². The maximum absolute atomic E-state index is 12.4. The molecule has 0 saturated carbocycles.